The van der Waals surface area contributed by atoms with Crippen LogP contribution >= 0.6 is 11.3 Å². The summed E-state index contributed by atoms with van der Waals surface area (Å²) in [6.07, 6.45) is 0. The van der Waals surface area contributed by atoms with Crippen molar-refractivity contribution in [3.63, 3.8) is 0 Å². The second-order valence-corrected chi connectivity index (χ2v) is 5.32. The summed E-state index contributed by atoms with van der Waals surface area (Å²) >= 11 is 1.42. The number of thiophene rings is 1. The third-order valence-electron chi connectivity index (χ3n) is 3.31. The van der Waals surface area contributed by atoms with Gasteiger partial charge in [0.1, 0.15) is 0 Å². The first-order valence-electron chi connectivity index (χ1n) is 5.95. The van der Waals surface area contributed by atoms with Gasteiger partial charge in [-0.1, -0.05) is 0 Å². The van der Waals surface area contributed by atoms with Gasteiger partial charge in [-0.2, -0.15) is 0 Å². The SMILES string of the molecule is C[C@H](CO)N1CCN(c2sccc2[N+](=O)[O-])CC1. The van der Waals surface area contributed by atoms with E-state index in [1.807, 2.05) is 6.92 Å². The van der Waals surface area contributed by atoms with Crippen molar-refractivity contribution in [2.45, 2.75) is 13.0 Å². The summed E-state index contributed by atoms with van der Waals surface area (Å²) in [5.41, 5.74) is 0.198. The highest BCUT2D eigenvalue weighted by Crippen LogP contribution is 2.34. The van der Waals surface area contributed by atoms with Crippen molar-refractivity contribution in [2.75, 3.05) is 37.7 Å². The standard InChI is InChI=1S/C11H17N3O3S/c1-9(8-15)12-3-5-13(6-4-12)11-10(14(16)17)2-7-18-11/h2,7,9,15H,3-6,8H2,1H3/t9-/m1/s1. The molecule has 1 atom stereocenters. The fraction of sp³-hybridized carbons (Fsp3) is 0.636. The van der Waals surface area contributed by atoms with Gasteiger partial charge in [0.25, 0.3) is 0 Å². The molecule has 0 aliphatic carbocycles. The van der Waals surface area contributed by atoms with Crippen molar-refractivity contribution in [1.82, 2.24) is 4.90 Å². The summed E-state index contributed by atoms with van der Waals surface area (Å²) in [6, 6.07) is 1.72. The zero-order valence-corrected chi connectivity index (χ0v) is 11.1. The second-order valence-electron chi connectivity index (χ2n) is 4.42. The average molecular weight is 271 g/mol. The molecule has 18 heavy (non-hydrogen) atoms. The van der Waals surface area contributed by atoms with Crippen LogP contribution < -0.4 is 4.90 Å². The molecule has 0 aromatic carbocycles. The van der Waals surface area contributed by atoms with Crippen molar-refractivity contribution in [3.05, 3.63) is 21.6 Å². The number of anilines is 1. The molecule has 0 saturated carbocycles. The van der Waals surface area contributed by atoms with E-state index >= 15 is 0 Å². The number of nitro groups is 1. The van der Waals surface area contributed by atoms with Crippen LogP contribution in [0.3, 0.4) is 0 Å². The molecule has 1 aromatic heterocycles. The molecule has 2 rings (SSSR count). The number of rotatable bonds is 4. The van der Waals surface area contributed by atoms with Crippen molar-refractivity contribution in [3.8, 4) is 0 Å². The molecule has 0 radical (unpaired) electrons. The predicted octanol–water partition coefficient (Wildman–Crippen LogP) is 1.16. The Morgan fingerprint density at radius 2 is 2.17 bits per heavy atom. The highest BCUT2D eigenvalue weighted by Gasteiger charge is 2.26. The lowest BCUT2D eigenvalue weighted by Crippen LogP contribution is -2.50. The fourth-order valence-electron chi connectivity index (χ4n) is 2.15. The minimum absolute atomic E-state index is 0.152. The van der Waals surface area contributed by atoms with Gasteiger partial charge >= 0.3 is 5.69 Å². The van der Waals surface area contributed by atoms with Gasteiger partial charge in [-0.05, 0) is 12.3 Å². The lowest BCUT2D eigenvalue weighted by Gasteiger charge is -2.37. The van der Waals surface area contributed by atoms with E-state index in [2.05, 4.69) is 9.80 Å². The van der Waals surface area contributed by atoms with Crippen molar-refractivity contribution in [1.29, 1.82) is 0 Å². The first-order valence-corrected chi connectivity index (χ1v) is 6.83. The molecule has 100 valence electrons. The number of aliphatic hydroxyl groups is 1. The van der Waals surface area contributed by atoms with Crippen molar-refractivity contribution < 1.29 is 10.0 Å². The number of hydrogen-bond donors (Lipinski definition) is 1. The Labute approximate surface area is 110 Å². The molecular weight excluding hydrogens is 254 g/mol. The van der Waals surface area contributed by atoms with E-state index in [-0.39, 0.29) is 23.3 Å². The quantitative estimate of drug-likeness (QED) is 0.657. The average Bonchev–Trinajstić information content (AvgIpc) is 2.87. The Hall–Kier alpha value is -1.18. The van der Waals surface area contributed by atoms with Crippen LogP contribution in [0.4, 0.5) is 10.7 Å². The smallest absolute Gasteiger partial charge is 0.303 e. The fourth-order valence-corrected chi connectivity index (χ4v) is 3.07. The second kappa shape index (κ2) is 5.64. The molecule has 0 unspecified atom stereocenters. The van der Waals surface area contributed by atoms with Crippen molar-refractivity contribution >= 4 is 22.0 Å². The Kier molecular flexibility index (Phi) is 4.15. The van der Waals surface area contributed by atoms with Crippen LogP contribution in [-0.4, -0.2) is 53.8 Å². The minimum atomic E-state index is -0.325. The van der Waals surface area contributed by atoms with Gasteiger partial charge in [0.05, 0.1) is 11.5 Å². The van der Waals surface area contributed by atoms with Crippen LogP contribution in [0.2, 0.25) is 0 Å². The molecule has 0 bridgehead atoms. The molecule has 1 aromatic rings. The molecule has 0 spiro atoms. The van der Waals surface area contributed by atoms with Gasteiger partial charge in [-0.3, -0.25) is 15.0 Å². The van der Waals surface area contributed by atoms with E-state index in [1.54, 1.807) is 11.4 Å². The van der Waals surface area contributed by atoms with Crippen LogP contribution in [0.5, 0.6) is 0 Å². The van der Waals surface area contributed by atoms with E-state index < -0.39 is 0 Å². The van der Waals surface area contributed by atoms with Gasteiger partial charge in [0, 0.05) is 38.3 Å². The lowest BCUT2D eigenvalue weighted by atomic mass is 10.2. The minimum Gasteiger partial charge on any atom is -0.395 e. The highest BCUT2D eigenvalue weighted by molar-refractivity contribution is 7.14. The van der Waals surface area contributed by atoms with Crippen molar-refractivity contribution in [2.24, 2.45) is 0 Å². The Balaban J connectivity index is 2.01. The summed E-state index contributed by atoms with van der Waals surface area (Å²) in [4.78, 5) is 14.8. The van der Waals surface area contributed by atoms with Gasteiger partial charge < -0.3 is 10.0 Å². The molecule has 0 amide bonds. The molecule has 2 heterocycles. The molecule has 6 nitrogen and oxygen atoms in total. The Morgan fingerprint density at radius 3 is 2.72 bits per heavy atom. The maximum atomic E-state index is 10.9. The molecule has 1 N–H and O–H groups in total. The first kappa shape index (κ1) is 13.3. The Morgan fingerprint density at radius 1 is 1.50 bits per heavy atom. The molecule has 7 heteroatoms. The topological polar surface area (TPSA) is 69.8 Å². The number of nitrogens with zero attached hydrogens (tertiary/aromatic N) is 3. The van der Waals surface area contributed by atoms with Crippen LogP contribution in [0.15, 0.2) is 11.4 Å². The Bertz CT molecular complexity index is 415. The summed E-state index contributed by atoms with van der Waals surface area (Å²) in [6.45, 7) is 5.34. The molecule has 1 saturated heterocycles. The highest BCUT2D eigenvalue weighted by atomic mass is 32.1. The van der Waals surface area contributed by atoms with E-state index in [0.29, 0.717) is 0 Å². The monoisotopic (exact) mass is 271 g/mol. The summed E-state index contributed by atoms with van der Waals surface area (Å²) in [5, 5.41) is 22.5. The normalized spacial score (nSPS) is 18.9. The van der Waals surface area contributed by atoms with Gasteiger partial charge in [-0.15, -0.1) is 11.3 Å². The lowest BCUT2D eigenvalue weighted by molar-refractivity contribution is -0.383. The predicted molar refractivity (Wildman–Crippen MR) is 71.3 cm³/mol. The third-order valence-corrected chi connectivity index (χ3v) is 4.27. The van der Waals surface area contributed by atoms with Gasteiger partial charge in [0.2, 0.25) is 0 Å². The van der Waals surface area contributed by atoms with Crippen LogP contribution in [0, 0.1) is 10.1 Å². The van der Waals surface area contributed by atoms with Gasteiger partial charge in [0.15, 0.2) is 5.00 Å². The van der Waals surface area contributed by atoms with Gasteiger partial charge in [-0.25, -0.2) is 0 Å². The molecule has 1 fully saturated rings. The van der Waals surface area contributed by atoms with Crippen LogP contribution in [0.25, 0.3) is 0 Å². The summed E-state index contributed by atoms with van der Waals surface area (Å²) in [5.74, 6) is 0. The van der Waals surface area contributed by atoms with E-state index in [4.69, 9.17) is 5.11 Å². The number of piperazine rings is 1. The summed E-state index contributed by atoms with van der Waals surface area (Å²) in [7, 11) is 0. The van der Waals surface area contributed by atoms with Crippen LogP contribution in [0.1, 0.15) is 6.92 Å². The third kappa shape index (κ3) is 2.63. The molecular formula is C11H17N3O3S. The number of aliphatic hydroxyl groups excluding tert-OH is 1. The summed E-state index contributed by atoms with van der Waals surface area (Å²) < 4.78 is 0. The maximum Gasteiger partial charge on any atom is 0.303 e. The maximum absolute atomic E-state index is 10.9. The van der Waals surface area contributed by atoms with E-state index in [1.165, 1.54) is 11.3 Å². The molecule has 1 aliphatic heterocycles. The zero-order valence-electron chi connectivity index (χ0n) is 10.3. The van der Waals surface area contributed by atoms with Crippen LogP contribution in [-0.2, 0) is 0 Å². The molecule has 1 aliphatic rings. The van der Waals surface area contributed by atoms with E-state index in [0.717, 1.165) is 31.2 Å². The first-order chi connectivity index (χ1) is 8.63. The zero-order chi connectivity index (χ0) is 13.1. The number of hydrogen-bond acceptors (Lipinski definition) is 6. The van der Waals surface area contributed by atoms with E-state index in [9.17, 15) is 10.1 Å². The largest absolute Gasteiger partial charge is 0.395 e.